The monoisotopic (exact) mass is 257 g/mol. The Kier molecular flexibility index (Phi) is 4.16. The Morgan fingerprint density at radius 2 is 2.00 bits per heavy atom. The highest BCUT2D eigenvalue weighted by Gasteiger charge is 2.04. The molecule has 0 bridgehead atoms. The molecule has 18 heavy (non-hydrogen) atoms. The van der Waals surface area contributed by atoms with E-state index in [9.17, 15) is 0 Å². The quantitative estimate of drug-likeness (QED) is 0.678. The Morgan fingerprint density at radius 3 is 2.72 bits per heavy atom. The number of rotatable bonds is 3. The van der Waals surface area contributed by atoms with Crippen molar-refractivity contribution < 1.29 is 0 Å². The molecule has 0 aliphatic heterocycles. The van der Waals surface area contributed by atoms with Gasteiger partial charge in [0.1, 0.15) is 11.0 Å². The van der Waals surface area contributed by atoms with Gasteiger partial charge in [-0.25, -0.2) is 9.97 Å². The first-order valence-electron chi connectivity index (χ1n) is 5.53. The zero-order valence-electron chi connectivity index (χ0n) is 9.94. The lowest BCUT2D eigenvalue weighted by Crippen LogP contribution is -2.02. The predicted octanol–water partition coefficient (Wildman–Crippen LogP) is 3.23. The van der Waals surface area contributed by atoms with E-state index in [2.05, 4.69) is 27.1 Å². The van der Waals surface area contributed by atoms with Crippen LogP contribution >= 0.6 is 11.6 Å². The molecule has 0 radical (unpaired) electrons. The smallest absolute Gasteiger partial charge is 0.163 e. The van der Waals surface area contributed by atoms with Gasteiger partial charge in [0.05, 0.1) is 6.54 Å². The molecule has 2 aromatic rings. The predicted molar refractivity (Wildman–Crippen MR) is 74.4 cm³/mol. The summed E-state index contributed by atoms with van der Waals surface area (Å²) in [5.74, 6) is 7.00. The Morgan fingerprint density at radius 1 is 1.22 bits per heavy atom. The topological polar surface area (TPSA) is 37.8 Å². The van der Waals surface area contributed by atoms with Crippen LogP contribution in [0.4, 0.5) is 5.82 Å². The van der Waals surface area contributed by atoms with E-state index in [1.165, 1.54) is 0 Å². The number of anilines is 1. The molecule has 1 aromatic carbocycles. The molecule has 0 saturated heterocycles. The number of nitrogens with one attached hydrogen (secondary N) is 1. The van der Waals surface area contributed by atoms with Gasteiger partial charge in [-0.3, -0.25) is 0 Å². The van der Waals surface area contributed by atoms with Gasteiger partial charge in [0, 0.05) is 11.6 Å². The molecule has 1 heterocycles. The van der Waals surface area contributed by atoms with Crippen molar-refractivity contribution in [3.05, 3.63) is 41.6 Å². The van der Waals surface area contributed by atoms with Crippen LogP contribution in [0.15, 0.2) is 36.4 Å². The number of hydrogen-bond acceptors (Lipinski definition) is 3. The molecule has 0 amide bonds. The Bertz CT molecular complexity index is 585. The Labute approximate surface area is 111 Å². The summed E-state index contributed by atoms with van der Waals surface area (Å²) in [7, 11) is 0. The number of benzene rings is 1. The second kappa shape index (κ2) is 6.04. The number of hydrogen-bond donors (Lipinski definition) is 1. The third-order valence-corrected chi connectivity index (χ3v) is 2.46. The molecule has 0 aliphatic rings. The van der Waals surface area contributed by atoms with Crippen molar-refractivity contribution in [3.8, 4) is 23.2 Å². The van der Waals surface area contributed by atoms with Crippen LogP contribution in [0.3, 0.4) is 0 Å². The lowest BCUT2D eigenvalue weighted by molar-refractivity contribution is 1.15. The van der Waals surface area contributed by atoms with E-state index in [0.717, 1.165) is 5.56 Å². The third-order valence-electron chi connectivity index (χ3n) is 2.26. The van der Waals surface area contributed by atoms with Crippen LogP contribution in [-0.4, -0.2) is 16.5 Å². The standard InChI is InChI=1S/C14H12ClN3/c1-2-3-9-16-13-10-12(15)17-14(18-13)11-7-5-4-6-8-11/h4-8,10H,9H2,1H3,(H,16,17,18). The molecule has 4 heteroatoms. The lowest BCUT2D eigenvalue weighted by atomic mass is 10.2. The van der Waals surface area contributed by atoms with Crippen LogP contribution < -0.4 is 5.32 Å². The van der Waals surface area contributed by atoms with Gasteiger partial charge in [0.2, 0.25) is 0 Å². The third kappa shape index (κ3) is 3.22. The van der Waals surface area contributed by atoms with Gasteiger partial charge in [0.25, 0.3) is 0 Å². The fourth-order valence-corrected chi connectivity index (χ4v) is 1.63. The maximum Gasteiger partial charge on any atom is 0.163 e. The maximum absolute atomic E-state index is 5.99. The first-order valence-corrected chi connectivity index (χ1v) is 5.91. The molecule has 0 fully saturated rings. The van der Waals surface area contributed by atoms with Gasteiger partial charge in [-0.15, -0.1) is 5.92 Å². The lowest BCUT2D eigenvalue weighted by Gasteiger charge is -2.05. The second-order valence-electron chi connectivity index (χ2n) is 3.55. The summed E-state index contributed by atoms with van der Waals surface area (Å²) in [5, 5.41) is 3.50. The summed E-state index contributed by atoms with van der Waals surface area (Å²) in [4.78, 5) is 8.61. The molecule has 0 spiro atoms. The van der Waals surface area contributed by atoms with Crippen molar-refractivity contribution >= 4 is 17.4 Å². The molecule has 3 nitrogen and oxygen atoms in total. The van der Waals surface area contributed by atoms with Gasteiger partial charge in [-0.2, -0.15) is 0 Å². The average molecular weight is 258 g/mol. The summed E-state index contributed by atoms with van der Waals surface area (Å²) in [6.45, 7) is 2.34. The van der Waals surface area contributed by atoms with E-state index < -0.39 is 0 Å². The first kappa shape index (κ1) is 12.4. The van der Waals surface area contributed by atoms with Gasteiger partial charge in [-0.05, 0) is 6.92 Å². The van der Waals surface area contributed by atoms with Crippen LogP contribution in [0.25, 0.3) is 11.4 Å². The van der Waals surface area contributed by atoms with E-state index >= 15 is 0 Å². The van der Waals surface area contributed by atoms with Crippen molar-refractivity contribution in [2.75, 3.05) is 11.9 Å². The van der Waals surface area contributed by atoms with Crippen molar-refractivity contribution in [1.82, 2.24) is 9.97 Å². The van der Waals surface area contributed by atoms with Crippen molar-refractivity contribution in [1.29, 1.82) is 0 Å². The molecular weight excluding hydrogens is 246 g/mol. The Balaban J connectivity index is 2.28. The molecular formula is C14H12ClN3. The van der Waals surface area contributed by atoms with Gasteiger partial charge in [0.15, 0.2) is 5.82 Å². The van der Waals surface area contributed by atoms with E-state index in [4.69, 9.17) is 11.6 Å². The summed E-state index contributed by atoms with van der Waals surface area (Å²) in [5.41, 5.74) is 0.935. The second-order valence-corrected chi connectivity index (χ2v) is 3.93. The zero-order chi connectivity index (χ0) is 12.8. The van der Waals surface area contributed by atoms with Crippen LogP contribution in [0, 0.1) is 11.8 Å². The minimum Gasteiger partial charge on any atom is -0.359 e. The number of aromatic nitrogens is 2. The summed E-state index contributed by atoms with van der Waals surface area (Å²) in [6.07, 6.45) is 0. The van der Waals surface area contributed by atoms with E-state index in [1.807, 2.05) is 30.3 Å². The SMILES string of the molecule is CC#CCNc1cc(Cl)nc(-c2ccccc2)n1. The first-order chi connectivity index (χ1) is 8.79. The highest BCUT2D eigenvalue weighted by molar-refractivity contribution is 6.29. The molecule has 0 atom stereocenters. The average Bonchev–Trinajstić information content (AvgIpc) is 2.39. The molecule has 0 aliphatic carbocycles. The molecule has 2 rings (SSSR count). The molecule has 0 saturated carbocycles. The van der Waals surface area contributed by atoms with E-state index in [1.54, 1.807) is 13.0 Å². The van der Waals surface area contributed by atoms with Gasteiger partial charge in [-0.1, -0.05) is 47.9 Å². The van der Waals surface area contributed by atoms with E-state index in [0.29, 0.717) is 23.3 Å². The highest BCUT2D eigenvalue weighted by Crippen LogP contribution is 2.19. The van der Waals surface area contributed by atoms with Crippen LogP contribution in [0.5, 0.6) is 0 Å². The summed E-state index contributed by atoms with van der Waals surface area (Å²) in [6, 6.07) is 11.4. The molecule has 0 unspecified atom stereocenters. The summed E-state index contributed by atoms with van der Waals surface area (Å²) < 4.78 is 0. The van der Waals surface area contributed by atoms with Crippen LogP contribution in [-0.2, 0) is 0 Å². The van der Waals surface area contributed by atoms with E-state index in [-0.39, 0.29) is 0 Å². The van der Waals surface area contributed by atoms with Crippen LogP contribution in [0.2, 0.25) is 5.15 Å². The molecule has 1 aromatic heterocycles. The number of nitrogens with zero attached hydrogens (tertiary/aromatic N) is 2. The minimum atomic E-state index is 0.413. The maximum atomic E-state index is 5.99. The Hall–Kier alpha value is -2.05. The molecule has 90 valence electrons. The largest absolute Gasteiger partial charge is 0.359 e. The van der Waals surface area contributed by atoms with Crippen molar-refractivity contribution in [3.63, 3.8) is 0 Å². The fourth-order valence-electron chi connectivity index (χ4n) is 1.45. The fraction of sp³-hybridized carbons (Fsp3) is 0.143. The zero-order valence-corrected chi connectivity index (χ0v) is 10.7. The van der Waals surface area contributed by atoms with Crippen LogP contribution in [0.1, 0.15) is 6.92 Å². The van der Waals surface area contributed by atoms with Crippen molar-refractivity contribution in [2.24, 2.45) is 0 Å². The van der Waals surface area contributed by atoms with Gasteiger partial charge < -0.3 is 5.32 Å². The highest BCUT2D eigenvalue weighted by atomic mass is 35.5. The number of halogens is 1. The minimum absolute atomic E-state index is 0.413. The van der Waals surface area contributed by atoms with Gasteiger partial charge >= 0.3 is 0 Å². The normalized spacial score (nSPS) is 9.44. The van der Waals surface area contributed by atoms with Crippen molar-refractivity contribution in [2.45, 2.75) is 6.92 Å². The molecule has 1 N–H and O–H groups in total. The summed E-state index contributed by atoms with van der Waals surface area (Å²) >= 11 is 5.99.